The van der Waals surface area contributed by atoms with E-state index in [-0.39, 0.29) is 23.4 Å². The molecule has 1 amide bonds. The Morgan fingerprint density at radius 3 is 2.26 bits per heavy atom. The Balaban J connectivity index is 1.52. The molecule has 47 heavy (non-hydrogen) atoms. The maximum Gasteiger partial charge on any atom is 0.573 e. The quantitative estimate of drug-likeness (QED) is 0.255. The first-order chi connectivity index (χ1) is 22.5. The van der Waals surface area contributed by atoms with Gasteiger partial charge in [-0.2, -0.15) is 5.26 Å². The Hall–Kier alpha value is -5.13. The van der Waals surface area contributed by atoms with Crippen molar-refractivity contribution >= 4 is 27.3 Å². The number of carbonyl (C=O) groups excluding carboxylic acids is 1. The summed E-state index contributed by atoms with van der Waals surface area (Å²) in [4.78, 5) is 22.8. The zero-order valence-electron chi connectivity index (χ0n) is 25.0. The minimum Gasteiger partial charge on any atom is -0.493 e. The fraction of sp³-hybridized carbons (Fsp3) is 0.242. The largest absolute Gasteiger partial charge is 0.573 e. The van der Waals surface area contributed by atoms with Crippen LogP contribution in [0.4, 0.5) is 24.5 Å². The van der Waals surface area contributed by atoms with Gasteiger partial charge in [0.2, 0.25) is 0 Å². The lowest BCUT2D eigenvalue weighted by atomic mass is 9.80. The van der Waals surface area contributed by atoms with E-state index < -0.39 is 38.5 Å². The monoisotopic (exact) mass is 663 g/mol. The molecule has 0 spiro atoms. The van der Waals surface area contributed by atoms with Crippen LogP contribution in [0, 0.1) is 11.3 Å². The average Bonchev–Trinajstić information content (AvgIpc) is 3.33. The van der Waals surface area contributed by atoms with Gasteiger partial charge in [0.05, 0.1) is 28.8 Å². The number of carbonyl (C=O) groups is 1. The van der Waals surface area contributed by atoms with Gasteiger partial charge < -0.3 is 14.4 Å². The summed E-state index contributed by atoms with van der Waals surface area (Å²) >= 11 is 0. The molecule has 4 aromatic rings. The van der Waals surface area contributed by atoms with Crippen LogP contribution in [0.3, 0.4) is 0 Å². The molecule has 0 saturated carbocycles. The molecule has 14 heteroatoms. The fourth-order valence-corrected chi connectivity index (χ4v) is 7.70. The number of fused-ring (bicyclic) bond motifs is 1. The number of amides is 1. The van der Waals surface area contributed by atoms with Gasteiger partial charge in [0.15, 0.2) is 5.54 Å². The molecule has 2 aliphatic heterocycles. The van der Waals surface area contributed by atoms with E-state index in [4.69, 9.17) is 4.74 Å². The highest BCUT2D eigenvalue weighted by Crippen LogP contribution is 2.53. The van der Waals surface area contributed by atoms with Gasteiger partial charge in [-0.3, -0.25) is 14.7 Å². The van der Waals surface area contributed by atoms with Gasteiger partial charge in [0.1, 0.15) is 11.5 Å². The summed E-state index contributed by atoms with van der Waals surface area (Å²) in [5.41, 5.74) is 0.0879. The number of halogens is 3. The number of anilines is 2. The minimum atomic E-state index is -4.97. The first-order valence-electron chi connectivity index (χ1n) is 14.6. The van der Waals surface area contributed by atoms with Crippen molar-refractivity contribution in [2.75, 3.05) is 42.0 Å². The molecule has 1 atom stereocenters. The van der Waals surface area contributed by atoms with E-state index in [1.165, 1.54) is 18.2 Å². The lowest BCUT2D eigenvalue weighted by Gasteiger charge is -2.46. The first kappa shape index (κ1) is 31.8. The van der Waals surface area contributed by atoms with E-state index in [2.05, 4.69) is 20.7 Å². The summed E-state index contributed by atoms with van der Waals surface area (Å²) in [6.45, 7) is 3.66. The number of hydrogen-bond donors (Lipinski definition) is 0. The summed E-state index contributed by atoms with van der Waals surface area (Å²) < 4.78 is 77.6. The van der Waals surface area contributed by atoms with Crippen molar-refractivity contribution in [3.8, 4) is 17.6 Å². The maximum absolute atomic E-state index is 15.1. The Labute approximate surface area is 269 Å². The topological polar surface area (TPSA) is 116 Å². The highest BCUT2D eigenvalue weighted by Gasteiger charge is 2.60. The number of ether oxygens (including phenoxy) is 2. The Bertz CT molecular complexity index is 1940. The Morgan fingerprint density at radius 1 is 0.936 bits per heavy atom. The number of nitrogens with zero attached hydrogens (tertiary/aromatic N) is 5. The summed E-state index contributed by atoms with van der Waals surface area (Å²) in [5.74, 6) is -1.08. The second-order valence-electron chi connectivity index (χ2n) is 10.8. The van der Waals surface area contributed by atoms with Gasteiger partial charge in [-0.25, -0.2) is 12.7 Å². The van der Waals surface area contributed by atoms with E-state index >= 15 is 4.79 Å². The molecule has 1 aromatic heterocycles. The van der Waals surface area contributed by atoms with E-state index in [0.29, 0.717) is 41.8 Å². The maximum atomic E-state index is 15.1. The van der Waals surface area contributed by atoms with E-state index in [0.717, 1.165) is 30.0 Å². The summed E-state index contributed by atoms with van der Waals surface area (Å²) in [5, 5.41) is 9.89. The summed E-state index contributed by atoms with van der Waals surface area (Å²) in [6, 6.07) is 20.7. The number of hydrogen-bond acceptors (Lipinski definition) is 9. The van der Waals surface area contributed by atoms with Crippen LogP contribution >= 0.6 is 0 Å². The zero-order valence-corrected chi connectivity index (χ0v) is 25.8. The van der Waals surface area contributed by atoms with Crippen LogP contribution in [0.25, 0.3) is 0 Å². The Morgan fingerprint density at radius 2 is 1.62 bits per heavy atom. The molecule has 0 N–H and O–H groups in total. The minimum absolute atomic E-state index is 0.0208. The van der Waals surface area contributed by atoms with Crippen molar-refractivity contribution in [2.24, 2.45) is 0 Å². The number of nitriles is 1. The van der Waals surface area contributed by atoms with Crippen LogP contribution in [0.5, 0.6) is 11.5 Å². The van der Waals surface area contributed by atoms with E-state index in [1.54, 1.807) is 43.6 Å². The molecular formula is C33H28F3N5O5S. The van der Waals surface area contributed by atoms with Crippen LogP contribution in [0.2, 0.25) is 0 Å². The number of para-hydroxylation sites is 1. The number of aromatic nitrogens is 1. The predicted molar refractivity (Wildman–Crippen MR) is 165 cm³/mol. The van der Waals surface area contributed by atoms with Gasteiger partial charge in [-0.1, -0.05) is 18.2 Å². The third-order valence-electron chi connectivity index (χ3n) is 8.18. The van der Waals surface area contributed by atoms with Gasteiger partial charge in [0, 0.05) is 55.4 Å². The first-order valence-corrected chi connectivity index (χ1v) is 16.1. The van der Waals surface area contributed by atoms with Crippen LogP contribution in [0.1, 0.15) is 23.6 Å². The van der Waals surface area contributed by atoms with E-state index in [9.17, 15) is 26.9 Å². The molecule has 6 rings (SSSR count). The normalized spacial score (nSPS) is 18.5. The molecule has 0 radical (unpaired) electrons. The molecular weight excluding hydrogens is 635 g/mol. The lowest BCUT2D eigenvalue weighted by molar-refractivity contribution is -0.274. The molecule has 3 heterocycles. The number of rotatable bonds is 8. The third kappa shape index (κ3) is 5.61. The molecule has 3 aromatic carbocycles. The van der Waals surface area contributed by atoms with Crippen LogP contribution in [0.15, 0.2) is 96.2 Å². The second-order valence-corrected chi connectivity index (χ2v) is 12.5. The molecule has 1 unspecified atom stereocenters. The highest BCUT2D eigenvalue weighted by molar-refractivity contribution is 7.93. The average molecular weight is 664 g/mol. The molecule has 10 nitrogen and oxygen atoms in total. The smallest absolute Gasteiger partial charge is 0.493 e. The summed E-state index contributed by atoms with van der Waals surface area (Å²) in [6.07, 6.45) is -1.60. The van der Waals surface area contributed by atoms with Crippen molar-refractivity contribution in [3.63, 3.8) is 0 Å². The standard InChI is InChI=1S/C33H28F3N5O5S/c1-2-45-30-6-4-3-5-27(30)32(40-19-17-39(18-20-40)24-13-15-38-16-14-24)28-21-23(22-37)7-12-29(28)41(31(32)42)47(43,44)26-10-8-25(9-11-26)46-33(34,35)36/h3-16,21H,2,17-20H2,1H3. The number of benzene rings is 3. The van der Waals surface area contributed by atoms with Gasteiger partial charge >= 0.3 is 6.36 Å². The number of piperazine rings is 1. The van der Waals surface area contributed by atoms with Crippen molar-refractivity contribution in [3.05, 3.63) is 108 Å². The number of alkyl halides is 3. The summed E-state index contributed by atoms with van der Waals surface area (Å²) in [7, 11) is -4.70. The fourth-order valence-electron chi connectivity index (χ4n) is 6.24. The van der Waals surface area contributed by atoms with Crippen molar-refractivity contribution in [1.29, 1.82) is 5.26 Å². The second kappa shape index (κ2) is 12.2. The van der Waals surface area contributed by atoms with Gasteiger partial charge in [-0.05, 0) is 67.6 Å². The zero-order chi connectivity index (χ0) is 33.4. The molecule has 2 aliphatic rings. The molecule has 0 bridgehead atoms. The van der Waals surface area contributed by atoms with Crippen molar-refractivity contribution in [1.82, 2.24) is 9.88 Å². The Kier molecular flexibility index (Phi) is 8.29. The van der Waals surface area contributed by atoms with Crippen LogP contribution < -0.4 is 18.7 Å². The number of sulfonamides is 1. The van der Waals surface area contributed by atoms with E-state index in [1.807, 2.05) is 17.0 Å². The lowest BCUT2D eigenvalue weighted by Crippen LogP contribution is -2.60. The van der Waals surface area contributed by atoms with Crippen molar-refractivity contribution in [2.45, 2.75) is 23.7 Å². The number of pyridine rings is 1. The molecule has 1 saturated heterocycles. The highest BCUT2D eigenvalue weighted by atomic mass is 32.2. The van der Waals surface area contributed by atoms with Crippen LogP contribution in [-0.4, -0.2) is 63.4 Å². The molecule has 1 fully saturated rings. The van der Waals surface area contributed by atoms with Crippen LogP contribution in [-0.2, 0) is 20.4 Å². The van der Waals surface area contributed by atoms with Crippen molar-refractivity contribution < 1.29 is 35.9 Å². The van der Waals surface area contributed by atoms with Gasteiger partial charge in [0.25, 0.3) is 15.9 Å². The predicted octanol–water partition coefficient (Wildman–Crippen LogP) is 5.05. The molecule has 0 aliphatic carbocycles. The SMILES string of the molecule is CCOc1ccccc1C1(N2CCN(c3ccncc3)CC2)C(=O)N(S(=O)(=O)c2ccc(OC(F)(F)F)cc2)c2ccc(C#N)cc21. The third-order valence-corrected chi connectivity index (χ3v) is 9.89. The van der Waals surface area contributed by atoms with Gasteiger partial charge in [-0.15, -0.1) is 13.2 Å². The molecule has 242 valence electrons.